The molecule has 24 heavy (non-hydrogen) atoms. The zero-order valence-electron chi connectivity index (χ0n) is 13.4. The molecule has 0 unspecified atom stereocenters. The first-order valence-electron chi connectivity index (χ1n) is 7.42. The van der Waals surface area contributed by atoms with E-state index in [9.17, 15) is 0 Å². The summed E-state index contributed by atoms with van der Waals surface area (Å²) in [7, 11) is 0. The fourth-order valence-electron chi connectivity index (χ4n) is 2.18. The number of aryl methyl sites for hydroxylation is 2. The first kappa shape index (κ1) is 16.5. The Bertz CT molecular complexity index is 883. The molecule has 0 amide bonds. The van der Waals surface area contributed by atoms with Crippen molar-refractivity contribution in [1.29, 1.82) is 0 Å². The second-order valence-electron chi connectivity index (χ2n) is 5.46. The molecule has 0 aliphatic heterocycles. The lowest BCUT2D eigenvalue weighted by Gasteiger charge is -2.10. The molecule has 0 saturated carbocycles. The standard InChI is InChI=1S/C18H17IN4O/c1-11-4-3-5-14(8-11)24-17-10-16(22-18(20)23-17)21-13-7-6-12(2)15(19)9-13/h3-10H,1-2H3,(H3,20,21,22,23). The smallest absolute Gasteiger partial charge is 0.226 e. The number of nitrogens with one attached hydrogen (secondary N) is 1. The van der Waals surface area contributed by atoms with Crippen LogP contribution in [0.25, 0.3) is 0 Å². The van der Waals surface area contributed by atoms with Crippen molar-refractivity contribution in [3.8, 4) is 11.6 Å². The minimum atomic E-state index is 0.157. The lowest BCUT2D eigenvalue weighted by atomic mass is 10.2. The molecule has 5 nitrogen and oxygen atoms in total. The number of benzene rings is 2. The van der Waals surface area contributed by atoms with Crippen molar-refractivity contribution in [2.75, 3.05) is 11.1 Å². The summed E-state index contributed by atoms with van der Waals surface area (Å²) >= 11 is 2.30. The van der Waals surface area contributed by atoms with Crippen molar-refractivity contribution >= 4 is 40.0 Å². The summed E-state index contributed by atoms with van der Waals surface area (Å²) in [5.74, 6) is 1.86. The molecule has 122 valence electrons. The lowest BCUT2D eigenvalue weighted by molar-refractivity contribution is 0.462. The Kier molecular flexibility index (Phi) is 4.84. The van der Waals surface area contributed by atoms with E-state index in [1.807, 2.05) is 37.3 Å². The van der Waals surface area contributed by atoms with Crippen molar-refractivity contribution in [3.63, 3.8) is 0 Å². The number of rotatable bonds is 4. The molecule has 0 fully saturated rings. The van der Waals surface area contributed by atoms with Crippen LogP contribution in [0.1, 0.15) is 11.1 Å². The van der Waals surface area contributed by atoms with Crippen molar-refractivity contribution in [2.24, 2.45) is 0 Å². The number of halogens is 1. The van der Waals surface area contributed by atoms with E-state index < -0.39 is 0 Å². The largest absolute Gasteiger partial charge is 0.439 e. The molecule has 6 heteroatoms. The Morgan fingerprint density at radius 2 is 1.88 bits per heavy atom. The average molecular weight is 432 g/mol. The Morgan fingerprint density at radius 3 is 2.62 bits per heavy atom. The number of nitrogens with two attached hydrogens (primary N) is 1. The van der Waals surface area contributed by atoms with E-state index in [2.05, 4.69) is 56.9 Å². The van der Waals surface area contributed by atoms with Crippen molar-refractivity contribution in [2.45, 2.75) is 13.8 Å². The maximum absolute atomic E-state index is 5.81. The summed E-state index contributed by atoms with van der Waals surface area (Å²) in [4.78, 5) is 8.35. The van der Waals surface area contributed by atoms with Gasteiger partial charge >= 0.3 is 0 Å². The van der Waals surface area contributed by atoms with E-state index in [0.29, 0.717) is 17.4 Å². The van der Waals surface area contributed by atoms with Gasteiger partial charge < -0.3 is 15.8 Å². The molecule has 0 saturated heterocycles. The normalized spacial score (nSPS) is 10.5. The first-order chi connectivity index (χ1) is 11.5. The molecule has 3 aromatic rings. The maximum Gasteiger partial charge on any atom is 0.226 e. The zero-order chi connectivity index (χ0) is 17.1. The van der Waals surface area contributed by atoms with Crippen LogP contribution in [-0.2, 0) is 0 Å². The molecule has 0 bridgehead atoms. The van der Waals surface area contributed by atoms with Crippen LogP contribution in [0.2, 0.25) is 0 Å². The minimum absolute atomic E-state index is 0.157. The highest BCUT2D eigenvalue weighted by Crippen LogP contribution is 2.25. The molecule has 0 radical (unpaired) electrons. The van der Waals surface area contributed by atoms with E-state index in [1.54, 1.807) is 6.07 Å². The number of aromatic nitrogens is 2. The van der Waals surface area contributed by atoms with Gasteiger partial charge in [-0.3, -0.25) is 0 Å². The van der Waals surface area contributed by atoms with E-state index in [-0.39, 0.29) is 5.95 Å². The molecule has 3 N–H and O–H groups in total. The minimum Gasteiger partial charge on any atom is -0.439 e. The lowest BCUT2D eigenvalue weighted by Crippen LogP contribution is -2.02. The molecule has 1 heterocycles. The van der Waals surface area contributed by atoms with E-state index in [1.165, 1.54) is 9.13 Å². The monoisotopic (exact) mass is 432 g/mol. The molecular formula is C18H17IN4O. The van der Waals surface area contributed by atoms with Gasteiger partial charge in [0.25, 0.3) is 0 Å². The molecule has 0 atom stereocenters. The van der Waals surface area contributed by atoms with E-state index in [4.69, 9.17) is 10.5 Å². The molecule has 0 aliphatic rings. The predicted molar refractivity (Wildman–Crippen MR) is 105 cm³/mol. The Balaban J connectivity index is 1.84. The van der Waals surface area contributed by atoms with Gasteiger partial charge in [0.05, 0.1) is 0 Å². The van der Waals surface area contributed by atoms with E-state index >= 15 is 0 Å². The van der Waals surface area contributed by atoms with Gasteiger partial charge in [-0.1, -0.05) is 18.2 Å². The highest BCUT2D eigenvalue weighted by atomic mass is 127. The summed E-state index contributed by atoms with van der Waals surface area (Å²) in [6.45, 7) is 4.08. The molecule has 2 aromatic carbocycles. The SMILES string of the molecule is Cc1cccc(Oc2cc(Nc3ccc(C)c(I)c3)nc(N)n2)c1. The number of hydrogen-bond donors (Lipinski definition) is 2. The number of hydrogen-bond acceptors (Lipinski definition) is 5. The van der Waals surface area contributed by atoms with Gasteiger partial charge in [0.1, 0.15) is 11.6 Å². The van der Waals surface area contributed by atoms with Crippen LogP contribution in [0.4, 0.5) is 17.5 Å². The third-order valence-electron chi connectivity index (χ3n) is 3.38. The summed E-state index contributed by atoms with van der Waals surface area (Å²) in [5, 5.41) is 3.23. The van der Waals surface area contributed by atoms with Crippen LogP contribution < -0.4 is 15.8 Å². The van der Waals surface area contributed by atoms with Gasteiger partial charge in [-0.05, 0) is 71.8 Å². The zero-order valence-corrected chi connectivity index (χ0v) is 15.5. The van der Waals surface area contributed by atoms with Gasteiger partial charge in [-0.15, -0.1) is 0 Å². The highest BCUT2D eigenvalue weighted by Gasteiger charge is 2.06. The summed E-state index contributed by atoms with van der Waals surface area (Å²) in [5.41, 5.74) is 9.08. The van der Waals surface area contributed by atoms with Gasteiger partial charge in [-0.25, -0.2) is 0 Å². The van der Waals surface area contributed by atoms with Crippen LogP contribution in [0, 0.1) is 17.4 Å². The Hall–Kier alpha value is -2.35. The third kappa shape index (κ3) is 4.14. The summed E-state index contributed by atoms with van der Waals surface area (Å²) < 4.78 is 6.97. The molecular weight excluding hydrogens is 415 g/mol. The van der Waals surface area contributed by atoms with Crippen LogP contribution in [0.3, 0.4) is 0 Å². The van der Waals surface area contributed by atoms with Crippen LogP contribution in [0.15, 0.2) is 48.5 Å². The van der Waals surface area contributed by atoms with Gasteiger partial charge in [-0.2, -0.15) is 9.97 Å². The fourth-order valence-corrected chi connectivity index (χ4v) is 2.69. The Labute approximate surface area is 154 Å². The summed E-state index contributed by atoms with van der Waals surface area (Å²) in [6.07, 6.45) is 0. The topological polar surface area (TPSA) is 73.1 Å². The van der Waals surface area contributed by atoms with Crippen LogP contribution in [-0.4, -0.2) is 9.97 Å². The van der Waals surface area contributed by atoms with Crippen LogP contribution >= 0.6 is 22.6 Å². The number of ether oxygens (including phenoxy) is 1. The van der Waals surface area contributed by atoms with Gasteiger partial charge in [0.2, 0.25) is 11.8 Å². The van der Waals surface area contributed by atoms with Crippen LogP contribution in [0.5, 0.6) is 11.6 Å². The third-order valence-corrected chi connectivity index (χ3v) is 4.54. The quantitative estimate of drug-likeness (QED) is 0.579. The van der Waals surface area contributed by atoms with Crippen molar-refractivity contribution < 1.29 is 4.74 Å². The van der Waals surface area contributed by atoms with E-state index in [0.717, 1.165) is 11.3 Å². The average Bonchev–Trinajstić information content (AvgIpc) is 2.50. The molecule has 0 spiro atoms. The van der Waals surface area contributed by atoms with Gasteiger partial charge in [0, 0.05) is 15.3 Å². The number of nitrogens with zero attached hydrogens (tertiary/aromatic N) is 2. The highest BCUT2D eigenvalue weighted by molar-refractivity contribution is 14.1. The fraction of sp³-hybridized carbons (Fsp3) is 0.111. The molecule has 0 aliphatic carbocycles. The Morgan fingerprint density at radius 1 is 1.04 bits per heavy atom. The number of nitrogen functional groups attached to an aromatic ring is 1. The summed E-state index contributed by atoms with van der Waals surface area (Å²) in [6, 6.07) is 15.6. The predicted octanol–water partition coefficient (Wildman–Crippen LogP) is 4.82. The molecule has 1 aromatic heterocycles. The second-order valence-corrected chi connectivity index (χ2v) is 6.62. The van der Waals surface area contributed by atoms with Gasteiger partial charge in [0.15, 0.2) is 0 Å². The van der Waals surface area contributed by atoms with Crippen molar-refractivity contribution in [1.82, 2.24) is 9.97 Å². The van der Waals surface area contributed by atoms with Crippen molar-refractivity contribution in [3.05, 3.63) is 63.2 Å². The first-order valence-corrected chi connectivity index (χ1v) is 8.50. The second kappa shape index (κ2) is 7.04. The maximum atomic E-state index is 5.81. The molecule has 3 rings (SSSR count). The number of anilines is 3.